The Kier molecular flexibility index (Phi) is 3.13. The minimum absolute atomic E-state index is 0.316. The molecule has 4 nitrogen and oxygen atoms in total. The van der Waals surface area contributed by atoms with Crippen molar-refractivity contribution in [3.63, 3.8) is 0 Å². The summed E-state index contributed by atoms with van der Waals surface area (Å²) in [5, 5.41) is 4.45. The van der Waals surface area contributed by atoms with Crippen LogP contribution in [0.5, 0.6) is 0 Å². The lowest BCUT2D eigenvalue weighted by Gasteiger charge is -2.65. The van der Waals surface area contributed by atoms with Crippen LogP contribution in [0.1, 0.15) is 51.6 Å². The number of hydrogen-bond acceptors (Lipinski definition) is 3. The van der Waals surface area contributed by atoms with E-state index in [2.05, 4.69) is 34.9 Å². The average Bonchev–Trinajstić information content (AvgIpc) is 2.56. The second-order valence-electron chi connectivity index (χ2n) is 9.01. The van der Waals surface area contributed by atoms with Gasteiger partial charge in [0.2, 0.25) is 0 Å². The van der Waals surface area contributed by atoms with Crippen LogP contribution in [0.3, 0.4) is 0 Å². The molecule has 4 saturated carbocycles. The predicted molar refractivity (Wildman–Crippen MR) is 91.5 cm³/mol. The number of carbonyl (C=O) groups excluding carboxylic acids is 1. The van der Waals surface area contributed by atoms with Crippen molar-refractivity contribution in [3.05, 3.63) is 30.1 Å². The fourth-order valence-electron chi connectivity index (χ4n) is 6.24. The van der Waals surface area contributed by atoms with Gasteiger partial charge in [-0.2, -0.15) is 5.01 Å². The summed E-state index contributed by atoms with van der Waals surface area (Å²) < 4.78 is 0. The van der Waals surface area contributed by atoms with E-state index in [-0.39, 0.29) is 0 Å². The molecule has 4 bridgehead atoms. The van der Waals surface area contributed by atoms with Crippen LogP contribution < -0.4 is 0 Å². The Bertz CT molecular complexity index is 628. The van der Waals surface area contributed by atoms with Gasteiger partial charge in [0, 0.05) is 6.20 Å². The average molecular weight is 325 g/mol. The Balaban J connectivity index is 1.43. The molecule has 1 aliphatic heterocycles. The molecule has 2 heterocycles. The summed E-state index contributed by atoms with van der Waals surface area (Å²) in [5.74, 6) is 3.66. The standard InChI is InChI=1S/C20H27N3O/c1-20(2)19(24)23(22(20)12-17-5-3-4-6-21-17)18-15-8-13-7-14(10-15)11-16(18)9-13/h3-6,13-16,18H,7-12H2,1-2H3. The van der Waals surface area contributed by atoms with Crippen LogP contribution in [-0.2, 0) is 11.3 Å². The van der Waals surface area contributed by atoms with Crippen molar-refractivity contribution in [2.75, 3.05) is 0 Å². The molecule has 0 atom stereocenters. The highest BCUT2D eigenvalue weighted by atomic mass is 16.2. The quantitative estimate of drug-likeness (QED) is 0.856. The molecule has 1 amide bonds. The third kappa shape index (κ3) is 2.01. The van der Waals surface area contributed by atoms with Gasteiger partial charge in [-0.05, 0) is 81.8 Å². The first-order valence-corrected chi connectivity index (χ1v) is 9.55. The molecule has 128 valence electrons. The van der Waals surface area contributed by atoms with E-state index in [1.807, 2.05) is 18.3 Å². The number of hydrogen-bond donors (Lipinski definition) is 0. The number of carbonyl (C=O) groups is 1. The molecule has 0 radical (unpaired) electrons. The van der Waals surface area contributed by atoms with Gasteiger partial charge in [-0.1, -0.05) is 6.07 Å². The third-order valence-electron chi connectivity index (χ3n) is 7.13. The van der Waals surface area contributed by atoms with Gasteiger partial charge >= 0.3 is 0 Å². The van der Waals surface area contributed by atoms with Crippen molar-refractivity contribution >= 4 is 5.91 Å². The summed E-state index contributed by atoms with van der Waals surface area (Å²) >= 11 is 0. The van der Waals surface area contributed by atoms with Crippen LogP contribution >= 0.6 is 0 Å². The molecule has 0 spiro atoms. The van der Waals surface area contributed by atoms with Gasteiger partial charge in [-0.15, -0.1) is 0 Å². The van der Waals surface area contributed by atoms with E-state index in [1.165, 1.54) is 32.1 Å². The highest BCUT2D eigenvalue weighted by molar-refractivity contribution is 5.90. The SMILES string of the molecule is CC1(C)C(=O)N(C2C3CC4CC(C3)CC2C4)N1Cc1ccccn1. The van der Waals surface area contributed by atoms with Gasteiger partial charge in [0.15, 0.2) is 0 Å². The van der Waals surface area contributed by atoms with Crippen LogP contribution in [0.15, 0.2) is 24.4 Å². The van der Waals surface area contributed by atoms with E-state index < -0.39 is 5.54 Å². The zero-order valence-corrected chi connectivity index (χ0v) is 14.7. The highest BCUT2D eigenvalue weighted by Gasteiger charge is 2.60. The molecule has 5 aliphatic rings. The summed E-state index contributed by atoms with van der Waals surface area (Å²) in [5.41, 5.74) is 0.651. The first-order valence-electron chi connectivity index (χ1n) is 9.55. The molecule has 4 heteroatoms. The Labute approximate surface area is 144 Å². The van der Waals surface area contributed by atoms with Gasteiger partial charge in [0.05, 0.1) is 18.3 Å². The van der Waals surface area contributed by atoms with Crippen LogP contribution in [0.4, 0.5) is 0 Å². The van der Waals surface area contributed by atoms with E-state index >= 15 is 0 Å². The summed E-state index contributed by atoms with van der Waals surface area (Å²) in [6, 6.07) is 6.49. The van der Waals surface area contributed by atoms with E-state index in [0.29, 0.717) is 11.9 Å². The van der Waals surface area contributed by atoms with Crippen molar-refractivity contribution in [1.82, 2.24) is 15.0 Å². The van der Waals surface area contributed by atoms with Gasteiger partial charge in [0.25, 0.3) is 5.91 Å². The van der Waals surface area contributed by atoms with Crippen LogP contribution in [0, 0.1) is 23.7 Å². The fraction of sp³-hybridized carbons (Fsp3) is 0.700. The minimum Gasteiger partial charge on any atom is -0.271 e. The zero-order chi connectivity index (χ0) is 16.5. The molecule has 6 rings (SSSR count). The Hall–Kier alpha value is -1.42. The van der Waals surface area contributed by atoms with Crippen molar-refractivity contribution in [2.45, 2.75) is 64.1 Å². The molecule has 1 aromatic heterocycles. The van der Waals surface area contributed by atoms with Crippen LogP contribution in [0.25, 0.3) is 0 Å². The second-order valence-corrected chi connectivity index (χ2v) is 9.01. The number of rotatable bonds is 3. The van der Waals surface area contributed by atoms with Gasteiger partial charge < -0.3 is 0 Å². The monoisotopic (exact) mass is 325 g/mol. The lowest BCUT2D eigenvalue weighted by atomic mass is 9.53. The van der Waals surface area contributed by atoms with Crippen molar-refractivity contribution < 1.29 is 4.79 Å². The zero-order valence-electron chi connectivity index (χ0n) is 14.7. The summed E-state index contributed by atoms with van der Waals surface area (Å²) in [6.07, 6.45) is 8.69. The van der Waals surface area contributed by atoms with Crippen molar-refractivity contribution in [3.8, 4) is 0 Å². The number of aromatic nitrogens is 1. The molecule has 1 saturated heterocycles. The lowest BCUT2D eigenvalue weighted by molar-refractivity contribution is -0.252. The molecule has 5 fully saturated rings. The first-order chi connectivity index (χ1) is 11.5. The number of nitrogens with zero attached hydrogens (tertiary/aromatic N) is 3. The number of hydrazine groups is 1. The third-order valence-corrected chi connectivity index (χ3v) is 7.13. The largest absolute Gasteiger partial charge is 0.271 e. The maximum absolute atomic E-state index is 13.0. The smallest absolute Gasteiger partial charge is 0.258 e. The van der Waals surface area contributed by atoms with E-state index in [4.69, 9.17) is 0 Å². The summed E-state index contributed by atoms with van der Waals surface area (Å²) in [7, 11) is 0. The van der Waals surface area contributed by atoms with E-state index in [0.717, 1.165) is 35.9 Å². The Morgan fingerprint density at radius 1 is 1.08 bits per heavy atom. The summed E-state index contributed by atoms with van der Waals surface area (Å²) in [4.78, 5) is 17.5. The fourth-order valence-corrected chi connectivity index (χ4v) is 6.24. The van der Waals surface area contributed by atoms with Crippen molar-refractivity contribution in [1.29, 1.82) is 0 Å². The molecular weight excluding hydrogens is 298 g/mol. The van der Waals surface area contributed by atoms with Gasteiger partial charge in [-0.3, -0.25) is 14.8 Å². The Morgan fingerprint density at radius 3 is 2.33 bits per heavy atom. The summed E-state index contributed by atoms with van der Waals surface area (Å²) in [6.45, 7) is 4.86. The van der Waals surface area contributed by atoms with E-state index in [1.54, 1.807) is 0 Å². The maximum atomic E-state index is 13.0. The van der Waals surface area contributed by atoms with Gasteiger partial charge in [0.1, 0.15) is 5.54 Å². The molecule has 24 heavy (non-hydrogen) atoms. The van der Waals surface area contributed by atoms with Crippen LogP contribution in [0.2, 0.25) is 0 Å². The topological polar surface area (TPSA) is 36.4 Å². The van der Waals surface area contributed by atoms with E-state index in [9.17, 15) is 4.79 Å². The highest BCUT2D eigenvalue weighted by Crippen LogP contribution is 2.57. The molecule has 0 aromatic carbocycles. The minimum atomic E-state index is -0.397. The first kappa shape index (κ1) is 14.9. The molecule has 1 aromatic rings. The van der Waals surface area contributed by atoms with Gasteiger partial charge in [-0.25, -0.2) is 0 Å². The lowest BCUT2D eigenvalue weighted by Crippen LogP contribution is -2.79. The second kappa shape index (κ2) is 5.04. The number of pyridine rings is 1. The molecular formula is C20H27N3O. The molecule has 0 unspecified atom stereocenters. The van der Waals surface area contributed by atoms with Crippen LogP contribution in [-0.4, -0.2) is 32.5 Å². The predicted octanol–water partition coefficient (Wildman–Crippen LogP) is 3.24. The normalized spacial score (nSPS) is 40.0. The number of amides is 1. The molecule has 4 aliphatic carbocycles. The molecule has 0 N–H and O–H groups in total. The van der Waals surface area contributed by atoms with Crippen molar-refractivity contribution in [2.24, 2.45) is 23.7 Å². The maximum Gasteiger partial charge on any atom is 0.258 e. The Morgan fingerprint density at radius 2 is 1.75 bits per heavy atom.